The lowest BCUT2D eigenvalue weighted by Crippen LogP contribution is -2.35. The number of carbonyl (C=O) groups is 1. The molecule has 1 fully saturated rings. The number of rotatable bonds is 5. The van der Waals surface area contributed by atoms with Crippen LogP contribution in [-0.2, 0) is 0 Å². The molecule has 0 radical (unpaired) electrons. The normalized spacial score (nSPS) is 16.4. The highest BCUT2D eigenvalue weighted by Gasteiger charge is 2.24. The molecular formula is C17H19ClN2O3. The summed E-state index contributed by atoms with van der Waals surface area (Å²) >= 11 is 5.87. The Kier molecular flexibility index (Phi) is 4.98. The van der Waals surface area contributed by atoms with Gasteiger partial charge in [-0.05, 0) is 30.9 Å². The quantitative estimate of drug-likeness (QED) is 0.880. The SMILES string of the molecule is O=C(NCC(O)C1CCCC1)c1conc1-c1ccc(Cl)cc1. The van der Waals surface area contributed by atoms with Crippen LogP contribution in [-0.4, -0.2) is 28.8 Å². The molecule has 5 nitrogen and oxygen atoms in total. The van der Waals surface area contributed by atoms with Gasteiger partial charge < -0.3 is 14.9 Å². The fraction of sp³-hybridized carbons (Fsp3) is 0.412. The Hall–Kier alpha value is -1.85. The number of halogens is 1. The maximum absolute atomic E-state index is 12.3. The van der Waals surface area contributed by atoms with Crippen LogP contribution in [0.1, 0.15) is 36.0 Å². The topological polar surface area (TPSA) is 75.4 Å². The van der Waals surface area contributed by atoms with Crippen LogP contribution in [0.4, 0.5) is 0 Å². The third kappa shape index (κ3) is 3.74. The van der Waals surface area contributed by atoms with Gasteiger partial charge in [0.2, 0.25) is 0 Å². The second-order valence-electron chi connectivity index (χ2n) is 5.91. The van der Waals surface area contributed by atoms with Gasteiger partial charge in [0.1, 0.15) is 17.5 Å². The van der Waals surface area contributed by atoms with E-state index in [1.807, 2.05) is 0 Å². The molecule has 0 aliphatic heterocycles. The van der Waals surface area contributed by atoms with Gasteiger partial charge in [-0.15, -0.1) is 0 Å². The zero-order valence-electron chi connectivity index (χ0n) is 12.7. The van der Waals surface area contributed by atoms with E-state index in [0.717, 1.165) is 31.2 Å². The molecule has 1 aromatic heterocycles. The molecule has 1 unspecified atom stereocenters. The van der Waals surface area contributed by atoms with Crippen molar-refractivity contribution in [2.24, 2.45) is 5.92 Å². The number of aliphatic hydroxyl groups excluding tert-OH is 1. The summed E-state index contributed by atoms with van der Waals surface area (Å²) in [6, 6.07) is 7.03. The number of aromatic nitrogens is 1. The van der Waals surface area contributed by atoms with Gasteiger partial charge in [-0.3, -0.25) is 4.79 Å². The molecule has 1 heterocycles. The van der Waals surface area contributed by atoms with Crippen molar-refractivity contribution >= 4 is 17.5 Å². The number of hydrogen-bond donors (Lipinski definition) is 2. The lowest BCUT2D eigenvalue weighted by atomic mass is 10.0. The second kappa shape index (κ2) is 7.15. The maximum atomic E-state index is 12.3. The standard InChI is InChI=1S/C17H19ClN2O3/c18-13-7-5-12(6-8-13)16-14(10-23-20-16)17(22)19-9-15(21)11-3-1-2-4-11/h5-8,10-11,15,21H,1-4,9H2,(H,19,22). The third-order valence-electron chi connectivity index (χ3n) is 4.35. The molecule has 122 valence electrons. The summed E-state index contributed by atoms with van der Waals surface area (Å²) in [5.74, 6) is -0.0123. The molecule has 0 spiro atoms. The highest BCUT2D eigenvalue weighted by atomic mass is 35.5. The molecule has 3 rings (SSSR count). The van der Waals surface area contributed by atoms with E-state index in [0.29, 0.717) is 16.3 Å². The Morgan fingerprint density at radius 3 is 2.74 bits per heavy atom. The molecule has 1 aliphatic rings. The molecule has 2 N–H and O–H groups in total. The summed E-state index contributed by atoms with van der Waals surface area (Å²) in [4.78, 5) is 12.3. The van der Waals surface area contributed by atoms with Gasteiger partial charge in [0.25, 0.3) is 5.91 Å². The summed E-state index contributed by atoms with van der Waals surface area (Å²) < 4.78 is 4.95. The first-order chi connectivity index (χ1) is 11.1. The Balaban J connectivity index is 1.66. The highest BCUT2D eigenvalue weighted by Crippen LogP contribution is 2.27. The van der Waals surface area contributed by atoms with Crippen LogP contribution in [0.5, 0.6) is 0 Å². The highest BCUT2D eigenvalue weighted by molar-refractivity contribution is 6.30. The van der Waals surface area contributed by atoms with Crippen molar-refractivity contribution in [3.63, 3.8) is 0 Å². The Labute approximate surface area is 139 Å². The minimum Gasteiger partial charge on any atom is -0.391 e. The number of nitrogens with one attached hydrogen (secondary N) is 1. The van der Waals surface area contributed by atoms with Crippen molar-refractivity contribution < 1.29 is 14.4 Å². The minimum atomic E-state index is -0.500. The fourth-order valence-electron chi connectivity index (χ4n) is 3.02. The van der Waals surface area contributed by atoms with E-state index in [1.54, 1.807) is 24.3 Å². The van der Waals surface area contributed by atoms with Crippen molar-refractivity contribution in [1.29, 1.82) is 0 Å². The van der Waals surface area contributed by atoms with Crippen LogP contribution >= 0.6 is 11.6 Å². The Morgan fingerprint density at radius 2 is 2.04 bits per heavy atom. The van der Waals surface area contributed by atoms with Gasteiger partial charge in [0.05, 0.1) is 6.10 Å². The molecule has 0 saturated heterocycles. The van der Waals surface area contributed by atoms with Gasteiger partial charge in [-0.1, -0.05) is 41.7 Å². The van der Waals surface area contributed by atoms with Gasteiger partial charge in [-0.2, -0.15) is 0 Å². The summed E-state index contributed by atoms with van der Waals surface area (Å²) in [6.07, 6.45) is 5.19. The van der Waals surface area contributed by atoms with Gasteiger partial charge in [0.15, 0.2) is 0 Å². The zero-order valence-corrected chi connectivity index (χ0v) is 13.4. The van der Waals surface area contributed by atoms with Crippen LogP contribution in [0.15, 0.2) is 35.1 Å². The van der Waals surface area contributed by atoms with Gasteiger partial charge in [-0.25, -0.2) is 0 Å². The number of hydrogen-bond acceptors (Lipinski definition) is 4. The first-order valence-electron chi connectivity index (χ1n) is 7.81. The molecular weight excluding hydrogens is 316 g/mol. The van der Waals surface area contributed by atoms with Crippen LogP contribution in [0, 0.1) is 5.92 Å². The van der Waals surface area contributed by atoms with E-state index in [2.05, 4.69) is 10.5 Å². The van der Waals surface area contributed by atoms with Crippen molar-refractivity contribution in [2.45, 2.75) is 31.8 Å². The molecule has 1 saturated carbocycles. The lowest BCUT2D eigenvalue weighted by Gasteiger charge is -2.17. The molecule has 1 atom stereocenters. The average Bonchev–Trinajstić information content (AvgIpc) is 3.24. The molecule has 1 aromatic carbocycles. The minimum absolute atomic E-state index is 0.245. The Bertz CT molecular complexity index is 663. The van der Waals surface area contributed by atoms with Crippen molar-refractivity contribution in [1.82, 2.24) is 10.5 Å². The average molecular weight is 335 g/mol. The molecule has 1 amide bonds. The van der Waals surface area contributed by atoms with E-state index < -0.39 is 6.10 Å². The monoisotopic (exact) mass is 334 g/mol. The number of amides is 1. The summed E-state index contributed by atoms with van der Waals surface area (Å²) in [6.45, 7) is 0.245. The molecule has 6 heteroatoms. The molecule has 1 aliphatic carbocycles. The van der Waals surface area contributed by atoms with Gasteiger partial charge in [0, 0.05) is 17.1 Å². The van der Waals surface area contributed by atoms with Crippen LogP contribution in [0.3, 0.4) is 0 Å². The molecule has 0 bridgehead atoms. The van der Waals surface area contributed by atoms with Gasteiger partial charge >= 0.3 is 0 Å². The largest absolute Gasteiger partial charge is 0.391 e. The van der Waals surface area contributed by atoms with E-state index in [-0.39, 0.29) is 18.4 Å². The van der Waals surface area contributed by atoms with Crippen LogP contribution in [0.25, 0.3) is 11.3 Å². The number of benzene rings is 1. The summed E-state index contributed by atoms with van der Waals surface area (Å²) in [7, 11) is 0. The summed E-state index contributed by atoms with van der Waals surface area (Å²) in [5, 5.41) is 17.4. The molecule has 23 heavy (non-hydrogen) atoms. The second-order valence-corrected chi connectivity index (χ2v) is 6.34. The van der Waals surface area contributed by atoms with E-state index in [1.165, 1.54) is 6.26 Å². The smallest absolute Gasteiger partial charge is 0.256 e. The number of carbonyl (C=O) groups excluding carboxylic acids is 1. The summed E-state index contributed by atoms with van der Waals surface area (Å²) in [5.41, 5.74) is 1.57. The zero-order chi connectivity index (χ0) is 16.2. The van der Waals surface area contributed by atoms with Crippen molar-refractivity contribution in [3.8, 4) is 11.3 Å². The molecule has 2 aromatic rings. The van der Waals surface area contributed by atoms with Crippen LogP contribution in [0.2, 0.25) is 5.02 Å². The Morgan fingerprint density at radius 1 is 1.35 bits per heavy atom. The predicted octanol–water partition coefficient (Wildman–Crippen LogP) is 3.28. The first kappa shape index (κ1) is 16.0. The first-order valence-corrected chi connectivity index (χ1v) is 8.19. The predicted molar refractivity (Wildman–Crippen MR) is 87.2 cm³/mol. The fourth-order valence-corrected chi connectivity index (χ4v) is 3.14. The number of nitrogens with zero attached hydrogens (tertiary/aromatic N) is 1. The van der Waals surface area contributed by atoms with Crippen molar-refractivity contribution in [3.05, 3.63) is 41.1 Å². The van der Waals surface area contributed by atoms with Crippen LogP contribution < -0.4 is 5.32 Å². The number of aliphatic hydroxyl groups is 1. The van der Waals surface area contributed by atoms with Crippen molar-refractivity contribution in [2.75, 3.05) is 6.54 Å². The maximum Gasteiger partial charge on any atom is 0.256 e. The van der Waals surface area contributed by atoms with E-state index in [9.17, 15) is 9.90 Å². The van der Waals surface area contributed by atoms with E-state index in [4.69, 9.17) is 16.1 Å². The third-order valence-corrected chi connectivity index (χ3v) is 4.60. The van der Waals surface area contributed by atoms with E-state index >= 15 is 0 Å². The lowest BCUT2D eigenvalue weighted by molar-refractivity contribution is 0.0840.